The molecule has 0 radical (unpaired) electrons. The van der Waals surface area contributed by atoms with Crippen molar-refractivity contribution in [1.29, 1.82) is 0 Å². The summed E-state index contributed by atoms with van der Waals surface area (Å²) in [6, 6.07) is 0. The van der Waals surface area contributed by atoms with Gasteiger partial charge in [0.25, 0.3) is 0 Å². The van der Waals surface area contributed by atoms with Crippen LogP contribution in [-0.4, -0.2) is 10.7 Å². The second-order valence-electron chi connectivity index (χ2n) is 3.37. The summed E-state index contributed by atoms with van der Waals surface area (Å²) in [7, 11) is 0. The van der Waals surface area contributed by atoms with Gasteiger partial charge in [-0.1, -0.05) is 31.9 Å². The topological polar surface area (TPSA) is 20.2 Å². The molecule has 1 N–H and O–H groups in total. The average Bonchev–Trinajstić information content (AvgIpc) is 1.97. The Balaban J connectivity index is 3.60. The van der Waals surface area contributed by atoms with Crippen molar-refractivity contribution in [2.24, 2.45) is 0 Å². The molecular formula is C10H20O. The van der Waals surface area contributed by atoms with Crippen LogP contribution in [0.15, 0.2) is 12.2 Å². The lowest BCUT2D eigenvalue weighted by Crippen LogP contribution is -2.22. The number of hydrogen-bond donors (Lipinski definition) is 1. The average molecular weight is 156 g/mol. The molecule has 0 aliphatic carbocycles. The van der Waals surface area contributed by atoms with Crippen molar-refractivity contribution in [1.82, 2.24) is 0 Å². The zero-order valence-corrected chi connectivity index (χ0v) is 7.93. The normalized spacial score (nSPS) is 17.1. The van der Waals surface area contributed by atoms with Crippen LogP contribution in [-0.2, 0) is 0 Å². The minimum atomic E-state index is -0.484. The molecule has 11 heavy (non-hydrogen) atoms. The first-order valence-corrected chi connectivity index (χ1v) is 4.46. The highest BCUT2D eigenvalue weighted by atomic mass is 16.3. The minimum Gasteiger partial charge on any atom is -0.390 e. The third-order valence-corrected chi connectivity index (χ3v) is 1.86. The fourth-order valence-electron chi connectivity index (χ4n) is 1.03. The SMILES string of the molecule is C/C=C\CC(C)(O)CCCC. The molecule has 0 saturated heterocycles. The fraction of sp³-hybridized carbons (Fsp3) is 0.800. The van der Waals surface area contributed by atoms with Gasteiger partial charge in [0, 0.05) is 0 Å². The molecule has 1 heteroatoms. The molecule has 1 unspecified atom stereocenters. The zero-order chi connectivity index (χ0) is 8.74. The predicted octanol–water partition coefficient (Wildman–Crippen LogP) is 2.89. The first-order valence-electron chi connectivity index (χ1n) is 4.46. The lowest BCUT2D eigenvalue weighted by molar-refractivity contribution is 0.0517. The Hall–Kier alpha value is -0.300. The van der Waals surface area contributed by atoms with Gasteiger partial charge in [0.15, 0.2) is 0 Å². The van der Waals surface area contributed by atoms with Crippen LogP contribution in [0.25, 0.3) is 0 Å². The van der Waals surface area contributed by atoms with Crippen molar-refractivity contribution >= 4 is 0 Å². The Morgan fingerprint density at radius 3 is 2.55 bits per heavy atom. The Morgan fingerprint density at radius 2 is 2.09 bits per heavy atom. The molecule has 1 nitrogen and oxygen atoms in total. The maximum Gasteiger partial charge on any atom is 0.0654 e. The summed E-state index contributed by atoms with van der Waals surface area (Å²) in [6.07, 6.45) is 7.98. The smallest absolute Gasteiger partial charge is 0.0654 e. The van der Waals surface area contributed by atoms with Crippen molar-refractivity contribution in [3.05, 3.63) is 12.2 Å². The van der Waals surface area contributed by atoms with E-state index in [4.69, 9.17) is 0 Å². The van der Waals surface area contributed by atoms with Gasteiger partial charge in [0.05, 0.1) is 5.60 Å². The monoisotopic (exact) mass is 156 g/mol. The number of aliphatic hydroxyl groups is 1. The molecule has 0 bridgehead atoms. The molecule has 0 rings (SSSR count). The first kappa shape index (κ1) is 10.7. The highest BCUT2D eigenvalue weighted by molar-refractivity contribution is 4.86. The lowest BCUT2D eigenvalue weighted by Gasteiger charge is -2.20. The quantitative estimate of drug-likeness (QED) is 0.607. The molecule has 0 aliphatic heterocycles. The summed E-state index contributed by atoms with van der Waals surface area (Å²) < 4.78 is 0. The number of allylic oxidation sites excluding steroid dienone is 1. The molecule has 0 aromatic rings. The van der Waals surface area contributed by atoms with Gasteiger partial charge in [-0.15, -0.1) is 0 Å². The molecule has 0 spiro atoms. The Morgan fingerprint density at radius 1 is 1.45 bits per heavy atom. The highest BCUT2D eigenvalue weighted by Gasteiger charge is 2.16. The molecule has 1 atom stereocenters. The summed E-state index contributed by atoms with van der Waals surface area (Å²) in [6.45, 7) is 6.03. The van der Waals surface area contributed by atoms with Crippen LogP contribution in [0.5, 0.6) is 0 Å². The summed E-state index contributed by atoms with van der Waals surface area (Å²) >= 11 is 0. The first-order chi connectivity index (χ1) is 5.12. The third-order valence-electron chi connectivity index (χ3n) is 1.86. The van der Waals surface area contributed by atoms with E-state index in [1.165, 1.54) is 0 Å². The summed E-state index contributed by atoms with van der Waals surface area (Å²) in [5.74, 6) is 0. The fourth-order valence-corrected chi connectivity index (χ4v) is 1.03. The lowest BCUT2D eigenvalue weighted by atomic mass is 9.95. The van der Waals surface area contributed by atoms with E-state index in [0.29, 0.717) is 0 Å². The summed E-state index contributed by atoms with van der Waals surface area (Å²) in [4.78, 5) is 0. The number of unbranched alkanes of at least 4 members (excludes halogenated alkanes) is 1. The number of hydrogen-bond acceptors (Lipinski definition) is 1. The van der Waals surface area contributed by atoms with Crippen LogP contribution in [0.4, 0.5) is 0 Å². The van der Waals surface area contributed by atoms with Crippen molar-refractivity contribution < 1.29 is 5.11 Å². The summed E-state index contributed by atoms with van der Waals surface area (Å²) in [5, 5.41) is 9.73. The second kappa shape index (κ2) is 5.36. The van der Waals surface area contributed by atoms with Crippen LogP contribution in [0, 0.1) is 0 Å². The van der Waals surface area contributed by atoms with Crippen LogP contribution in [0.2, 0.25) is 0 Å². The van der Waals surface area contributed by atoms with Gasteiger partial charge >= 0.3 is 0 Å². The van der Waals surface area contributed by atoms with Crippen LogP contribution in [0.3, 0.4) is 0 Å². The predicted molar refractivity (Wildman–Crippen MR) is 49.6 cm³/mol. The Kier molecular flexibility index (Phi) is 5.22. The second-order valence-corrected chi connectivity index (χ2v) is 3.37. The van der Waals surface area contributed by atoms with Crippen molar-refractivity contribution in [2.45, 2.75) is 52.1 Å². The van der Waals surface area contributed by atoms with Crippen molar-refractivity contribution in [3.8, 4) is 0 Å². The van der Waals surface area contributed by atoms with Crippen LogP contribution in [0.1, 0.15) is 46.5 Å². The van der Waals surface area contributed by atoms with E-state index in [0.717, 1.165) is 25.7 Å². The van der Waals surface area contributed by atoms with Crippen LogP contribution >= 0.6 is 0 Å². The minimum absolute atomic E-state index is 0.484. The Labute approximate surface area is 70.1 Å². The Bertz CT molecular complexity index is 114. The van der Waals surface area contributed by atoms with Crippen LogP contribution < -0.4 is 0 Å². The van der Waals surface area contributed by atoms with Crippen molar-refractivity contribution in [2.75, 3.05) is 0 Å². The molecular weight excluding hydrogens is 136 g/mol. The van der Waals surface area contributed by atoms with Gasteiger partial charge in [-0.3, -0.25) is 0 Å². The zero-order valence-electron chi connectivity index (χ0n) is 7.93. The molecule has 0 heterocycles. The van der Waals surface area contributed by atoms with E-state index in [-0.39, 0.29) is 0 Å². The van der Waals surface area contributed by atoms with Gasteiger partial charge in [0.1, 0.15) is 0 Å². The van der Waals surface area contributed by atoms with Gasteiger partial charge in [0.2, 0.25) is 0 Å². The number of rotatable bonds is 5. The molecule has 0 aromatic carbocycles. The van der Waals surface area contributed by atoms with E-state index < -0.39 is 5.60 Å². The molecule has 0 fully saturated rings. The van der Waals surface area contributed by atoms with E-state index in [9.17, 15) is 5.11 Å². The highest BCUT2D eigenvalue weighted by Crippen LogP contribution is 2.17. The van der Waals surface area contributed by atoms with Gasteiger partial charge in [-0.2, -0.15) is 0 Å². The molecule has 0 saturated carbocycles. The molecule has 0 aliphatic rings. The maximum absolute atomic E-state index is 9.73. The molecule has 0 aromatic heterocycles. The molecule has 66 valence electrons. The summed E-state index contributed by atoms with van der Waals surface area (Å²) in [5.41, 5.74) is -0.484. The van der Waals surface area contributed by atoms with Gasteiger partial charge < -0.3 is 5.11 Å². The van der Waals surface area contributed by atoms with Crippen molar-refractivity contribution in [3.63, 3.8) is 0 Å². The molecule has 0 amide bonds. The third kappa shape index (κ3) is 6.11. The van der Waals surface area contributed by atoms with E-state index >= 15 is 0 Å². The van der Waals surface area contributed by atoms with E-state index in [2.05, 4.69) is 6.92 Å². The van der Waals surface area contributed by atoms with E-state index in [1.54, 1.807) is 0 Å². The van der Waals surface area contributed by atoms with Gasteiger partial charge in [-0.25, -0.2) is 0 Å². The standard InChI is InChI=1S/C10H20O/c1-4-6-8-10(3,11)9-7-5-2/h4,6,11H,5,7-9H2,1-3H3/b6-4-. The largest absolute Gasteiger partial charge is 0.390 e. The van der Waals surface area contributed by atoms with E-state index in [1.807, 2.05) is 26.0 Å². The van der Waals surface area contributed by atoms with Gasteiger partial charge in [-0.05, 0) is 26.7 Å². The maximum atomic E-state index is 9.73.